The lowest BCUT2D eigenvalue weighted by atomic mass is 9.97. The highest BCUT2D eigenvalue weighted by atomic mass is 14.5. The predicted octanol–water partition coefficient (Wildman–Crippen LogP) is 4.36. The monoisotopic (exact) mass is 213 g/mol. The quantitative estimate of drug-likeness (QED) is 0.536. The molecule has 0 rings (SSSR count). The van der Waals surface area contributed by atoms with Gasteiger partial charge in [-0.2, -0.15) is 0 Å². The smallest absolute Gasteiger partial charge is 0.00515 e. The molecule has 0 saturated heterocycles. The topological polar surface area (TPSA) is 26.0 Å². The Labute approximate surface area is 96.8 Å². The number of hydrogen-bond acceptors (Lipinski definition) is 1. The van der Waals surface area contributed by atoms with E-state index in [4.69, 9.17) is 5.73 Å². The summed E-state index contributed by atoms with van der Waals surface area (Å²) in [5.41, 5.74) is 5.59. The second-order valence-electron chi connectivity index (χ2n) is 5.23. The number of rotatable bonds is 10. The van der Waals surface area contributed by atoms with Gasteiger partial charge < -0.3 is 5.73 Å². The van der Waals surface area contributed by atoms with E-state index in [0.717, 1.165) is 18.4 Å². The minimum Gasteiger partial charge on any atom is -0.330 e. The highest BCUT2D eigenvalue weighted by Crippen LogP contribution is 2.16. The van der Waals surface area contributed by atoms with Gasteiger partial charge in [0, 0.05) is 0 Å². The number of nitrogens with two attached hydrogens (primary N) is 1. The Hall–Kier alpha value is -0.0400. The summed E-state index contributed by atoms with van der Waals surface area (Å²) in [4.78, 5) is 0. The van der Waals surface area contributed by atoms with Gasteiger partial charge in [-0.25, -0.2) is 0 Å². The van der Waals surface area contributed by atoms with Crippen molar-refractivity contribution in [1.29, 1.82) is 0 Å². The van der Waals surface area contributed by atoms with Crippen LogP contribution in [-0.4, -0.2) is 6.54 Å². The molecule has 2 atom stereocenters. The molecule has 0 bridgehead atoms. The van der Waals surface area contributed by atoms with Crippen LogP contribution >= 0.6 is 0 Å². The molecule has 0 aromatic heterocycles. The minimum atomic E-state index is 0.726. The first-order valence-corrected chi connectivity index (χ1v) is 6.90. The molecule has 0 aliphatic heterocycles. The van der Waals surface area contributed by atoms with Crippen molar-refractivity contribution in [1.82, 2.24) is 0 Å². The third-order valence-corrected chi connectivity index (χ3v) is 3.33. The van der Waals surface area contributed by atoms with E-state index in [1.165, 1.54) is 51.4 Å². The summed E-state index contributed by atoms with van der Waals surface area (Å²) in [5.74, 6) is 1.67. The Balaban J connectivity index is 3.11. The molecule has 2 unspecified atom stereocenters. The van der Waals surface area contributed by atoms with Crippen molar-refractivity contribution in [3.05, 3.63) is 0 Å². The largest absolute Gasteiger partial charge is 0.330 e. The zero-order chi connectivity index (χ0) is 11.5. The Morgan fingerprint density at radius 3 is 1.80 bits per heavy atom. The van der Waals surface area contributed by atoms with Gasteiger partial charge in [-0.1, -0.05) is 65.7 Å². The molecule has 2 N–H and O–H groups in total. The van der Waals surface area contributed by atoms with Gasteiger partial charge in [0.1, 0.15) is 0 Å². The molecule has 0 aliphatic rings. The highest BCUT2D eigenvalue weighted by molar-refractivity contribution is 4.56. The van der Waals surface area contributed by atoms with Gasteiger partial charge in [-0.15, -0.1) is 0 Å². The van der Waals surface area contributed by atoms with Crippen LogP contribution < -0.4 is 5.73 Å². The lowest BCUT2D eigenvalue weighted by molar-refractivity contribution is 0.441. The summed E-state index contributed by atoms with van der Waals surface area (Å²) in [5, 5.41) is 0. The van der Waals surface area contributed by atoms with E-state index in [2.05, 4.69) is 20.8 Å². The average Bonchev–Trinajstić information content (AvgIpc) is 2.23. The molecule has 0 aromatic rings. The summed E-state index contributed by atoms with van der Waals surface area (Å²) in [6.45, 7) is 7.78. The average molecular weight is 213 g/mol. The van der Waals surface area contributed by atoms with Crippen LogP contribution in [0.4, 0.5) is 0 Å². The van der Waals surface area contributed by atoms with Crippen LogP contribution in [0.25, 0.3) is 0 Å². The van der Waals surface area contributed by atoms with Gasteiger partial charge in [-0.3, -0.25) is 0 Å². The van der Waals surface area contributed by atoms with E-state index in [9.17, 15) is 0 Å². The molecule has 0 saturated carbocycles. The molecular formula is C14H31N. The Morgan fingerprint density at radius 1 is 0.800 bits per heavy atom. The molecule has 0 spiro atoms. The molecule has 15 heavy (non-hydrogen) atoms. The van der Waals surface area contributed by atoms with Crippen LogP contribution in [0.3, 0.4) is 0 Å². The van der Waals surface area contributed by atoms with Crippen molar-refractivity contribution < 1.29 is 0 Å². The molecule has 1 nitrogen and oxygen atoms in total. The van der Waals surface area contributed by atoms with Crippen LogP contribution in [0.15, 0.2) is 0 Å². The Kier molecular flexibility index (Phi) is 10.4. The van der Waals surface area contributed by atoms with Crippen LogP contribution in [0.1, 0.15) is 72.1 Å². The molecule has 0 aliphatic carbocycles. The van der Waals surface area contributed by atoms with Crippen LogP contribution in [-0.2, 0) is 0 Å². The van der Waals surface area contributed by atoms with E-state index >= 15 is 0 Å². The second kappa shape index (κ2) is 10.5. The van der Waals surface area contributed by atoms with Gasteiger partial charge in [0.15, 0.2) is 0 Å². The third kappa shape index (κ3) is 10.2. The molecule has 0 amide bonds. The molecular weight excluding hydrogens is 182 g/mol. The van der Waals surface area contributed by atoms with Crippen molar-refractivity contribution in [3.8, 4) is 0 Å². The normalized spacial score (nSPS) is 15.2. The van der Waals surface area contributed by atoms with Gasteiger partial charge in [0.2, 0.25) is 0 Å². The molecule has 92 valence electrons. The maximum atomic E-state index is 5.59. The second-order valence-corrected chi connectivity index (χ2v) is 5.23. The summed E-state index contributed by atoms with van der Waals surface area (Å²) in [6, 6.07) is 0. The molecule has 0 fully saturated rings. The van der Waals surface area contributed by atoms with Crippen LogP contribution in [0, 0.1) is 11.8 Å². The van der Waals surface area contributed by atoms with Crippen LogP contribution in [0.5, 0.6) is 0 Å². The maximum absolute atomic E-state index is 5.59. The zero-order valence-electron chi connectivity index (χ0n) is 11.1. The van der Waals surface area contributed by atoms with E-state index in [-0.39, 0.29) is 0 Å². The first-order valence-electron chi connectivity index (χ1n) is 6.90. The summed E-state index contributed by atoms with van der Waals surface area (Å²) < 4.78 is 0. The van der Waals surface area contributed by atoms with E-state index in [1.807, 2.05) is 0 Å². The zero-order valence-corrected chi connectivity index (χ0v) is 11.1. The van der Waals surface area contributed by atoms with Gasteiger partial charge in [0.25, 0.3) is 0 Å². The molecule has 1 heteroatoms. The lowest BCUT2D eigenvalue weighted by Gasteiger charge is -2.10. The van der Waals surface area contributed by atoms with Crippen molar-refractivity contribution in [2.75, 3.05) is 6.54 Å². The maximum Gasteiger partial charge on any atom is -0.00515 e. The fourth-order valence-corrected chi connectivity index (χ4v) is 2.09. The molecule has 0 heterocycles. The van der Waals surface area contributed by atoms with Crippen molar-refractivity contribution >= 4 is 0 Å². The molecule has 0 radical (unpaired) electrons. The predicted molar refractivity (Wildman–Crippen MR) is 70.0 cm³/mol. The van der Waals surface area contributed by atoms with E-state index in [1.54, 1.807) is 0 Å². The highest BCUT2D eigenvalue weighted by Gasteiger charge is 2.01. The van der Waals surface area contributed by atoms with E-state index in [0.29, 0.717) is 0 Å². The molecule has 0 aromatic carbocycles. The fourth-order valence-electron chi connectivity index (χ4n) is 2.09. The summed E-state index contributed by atoms with van der Waals surface area (Å²) >= 11 is 0. The fraction of sp³-hybridized carbons (Fsp3) is 1.00. The Bertz CT molecular complexity index is 123. The standard InChI is InChI=1S/C14H31N/c1-4-9-13(2)10-7-5-6-8-11-14(3)12-15/h13-14H,4-12,15H2,1-3H3. The minimum absolute atomic E-state index is 0.726. The van der Waals surface area contributed by atoms with Crippen molar-refractivity contribution in [2.24, 2.45) is 17.6 Å². The van der Waals surface area contributed by atoms with Crippen LogP contribution in [0.2, 0.25) is 0 Å². The Morgan fingerprint density at radius 2 is 1.33 bits per heavy atom. The SMILES string of the molecule is CCCC(C)CCCCCCC(C)CN. The number of unbranched alkanes of at least 4 members (excludes halogenated alkanes) is 3. The summed E-state index contributed by atoms with van der Waals surface area (Å²) in [7, 11) is 0. The first kappa shape index (κ1) is 15.0. The van der Waals surface area contributed by atoms with Gasteiger partial charge >= 0.3 is 0 Å². The lowest BCUT2D eigenvalue weighted by Crippen LogP contribution is -2.10. The third-order valence-electron chi connectivity index (χ3n) is 3.33. The van der Waals surface area contributed by atoms with Crippen molar-refractivity contribution in [3.63, 3.8) is 0 Å². The van der Waals surface area contributed by atoms with Gasteiger partial charge in [-0.05, 0) is 24.8 Å². The van der Waals surface area contributed by atoms with Crippen molar-refractivity contribution in [2.45, 2.75) is 72.1 Å². The number of hydrogen-bond donors (Lipinski definition) is 1. The van der Waals surface area contributed by atoms with E-state index < -0.39 is 0 Å². The summed E-state index contributed by atoms with van der Waals surface area (Å²) in [6.07, 6.45) is 11.1. The first-order chi connectivity index (χ1) is 7.20. The van der Waals surface area contributed by atoms with Gasteiger partial charge in [0.05, 0.1) is 0 Å².